The molecule has 4 aromatic rings. The summed E-state index contributed by atoms with van der Waals surface area (Å²) in [6, 6.07) is 32.4. The van der Waals surface area contributed by atoms with Gasteiger partial charge in [0.2, 0.25) is 5.91 Å². The van der Waals surface area contributed by atoms with Gasteiger partial charge in [-0.05, 0) is 54.1 Å². The van der Waals surface area contributed by atoms with Crippen molar-refractivity contribution in [3.05, 3.63) is 115 Å². The van der Waals surface area contributed by atoms with Gasteiger partial charge in [0.25, 0.3) is 10.0 Å². The van der Waals surface area contributed by atoms with Gasteiger partial charge < -0.3 is 10.1 Å². The molecule has 0 spiro atoms. The number of hydrogen-bond donors (Lipinski definition) is 1. The van der Waals surface area contributed by atoms with Gasteiger partial charge >= 0.3 is 0 Å². The summed E-state index contributed by atoms with van der Waals surface area (Å²) in [5, 5.41) is 2.81. The molecular formula is C28H26N2O4S2. The van der Waals surface area contributed by atoms with Gasteiger partial charge in [-0.2, -0.15) is 0 Å². The molecule has 0 aromatic heterocycles. The molecular weight excluding hydrogens is 492 g/mol. The van der Waals surface area contributed by atoms with E-state index in [2.05, 4.69) is 17.4 Å². The number of carbonyl (C=O) groups excluding carboxylic acids is 1. The second-order valence-corrected chi connectivity index (χ2v) is 10.8. The highest BCUT2D eigenvalue weighted by molar-refractivity contribution is 7.98. The Kier molecular flexibility index (Phi) is 8.30. The van der Waals surface area contributed by atoms with Crippen LogP contribution in [0.5, 0.6) is 5.75 Å². The van der Waals surface area contributed by atoms with E-state index in [0.717, 1.165) is 15.6 Å². The number of rotatable bonds is 10. The Labute approximate surface area is 216 Å². The van der Waals surface area contributed by atoms with Crippen LogP contribution in [-0.2, 0) is 20.6 Å². The van der Waals surface area contributed by atoms with Gasteiger partial charge in [0.1, 0.15) is 12.3 Å². The van der Waals surface area contributed by atoms with Gasteiger partial charge in [-0.15, -0.1) is 11.8 Å². The fraction of sp³-hybridized carbons (Fsp3) is 0.107. The van der Waals surface area contributed by atoms with E-state index >= 15 is 0 Å². The molecule has 0 heterocycles. The number of amides is 1. The Morgan fingerprint density at radius 3 is 2.19 bits per heavy atom. The van der Waals surface area contributed by atoms with Crippen molar-refractivity contribution in [3.63, 3.8) is 0 Å². The zero-order chi connectivity index (χ0) is 25.4. The Hall–Kier alpha value is -3.75. The SMILES string of the molecule is COc1cccc(N(CC(=O)Nc2ccc(CSc3ccccc3)cc2)S(=O)(=O)c2ccccc2)c1. The third-order valence-electron chi connectivity index (χ3n) is 5.35. The first kappa shape index (κ1) is 25.3. The van der Waals surface area contributed by atoms with E-state index in [9.17, 15) is 13.2 Å². The van der Waals surface area contributed by atoms with Gasteiger partial charge in [0.15, 0.2) is 0 Å². The minimum atomic E-state index is -3.99. The number of carbonyl (C=O) groups is 1. The molecule has 0 radical (unpaired) electrons. The molecule has 0 aliphatic carbocycles. The minimum Gasteiger partial charge on any atom is -0.497 e. The molecule has 184 valence electrons. The van der Waals surface area contributed by atoms with Crippen LogP contribution in [0.25, 0.3) is 0 Å². The maximum absolute atomic E-state index is 13.5. The highest BCUT2D eigenvalue weighted by atomic mass is 32.2. The highest BCUT2D eigenvalue weighted by Crippen LogP contribution is 2.27. The average molecular weight is 519 g/mol. The van der Waals surface area contributed by atoms with Crippen molar-refractivity contribution in [2.75, 3.05) is 23.3 Å². The standard InChI is InChI=1S/C28H26N2O4S2/c1-34-25-10-8-9-24(19-25)30(36(32,33)27-13-6-3-7-14-27)20-28(31)29-23-17-15-22(16-18-23)21-35-26-11-4-2-5-12-26/h2-19H,20-21H2,1H3,(H,29,31). The van der Waals surface area contributed by atoms with Crippen LogP contribution in [0, 0.1) is 0 Å². The van der Waals surface area contributed by atoms with Crippen LogP contribution in [0.15, 0.2) is 119 Å². The topological polar surface area (TPSA) is 75.7 Å². The van der Waals surface area contributed by atoms with Crippen molar-refractivity contribution in [2.24, 2.45) is 0 Å². The smallest absolute Gasteiger partial charge is 0.264 e. The molecule has 0 aliphatic rings. The second kappa shape index (κ2) is 11.8. The van der Waals surface area contributed by atoms with Gasteiger partial charge in [-0.3, -0.25) is 9.10 Å². The van der Waals surface area contributed by atoms with Crippen LogP contribution in [0.1, 0.15) is 5.56 Å². The largest absolute Gasteiger partial charge is 0.497 e. The number of methoxy groups -OCH3 is 1. The van der Waals surface area contributed by atoms with Gasteiger partial charge in [0, 0.05) is 22.4 Å². The quantitative estimate of drug-likeness (QED) is 0.268. The molecule has 0 unspecified atom stereocenters. The van der Waals surface area contributed by atoms with Crippen LogP contribution in [0.3, 0.4) is 0 Å². The van der Waals surface area contributed by atoms with Crippen molar-refractivity contribution < 1.29 is 17.9 Å². The van der Waals surface area contributed by atoms with Gasteiger partial charge in [0.05, 0.1) is 17.7 Å². The first-order valence-electron chi connectivity index (χ1n) is 11.2. The number of ether oxygens (including phenoxy) is 1. The van der Waals surface area contributed by atoms with Gasteiger partial charge in [-0.1, -0.05) is 54.6 Å². The fourth-order valence-corrected chi connectivity index (χ4v) is 5.81. The van der Waals surface area contributed by atoms with E-state index < -0.39 is 22.5 Å². The third-order valence-corrected chi connectivity index (χ3v) is 8.22. The lowest BCUT2D eigenvalue weighted by molar-refractivity contribution is -0.114. The van der Waals surface area contributed by atoms with Crippen LogP contribution in [0.4, 0.5) is 11.4 Å². The summed E-state index contributed by atoms with van der Waals surface area (Å²) in [5.74, 6) is 0.839. The number of nitrogens with zero attached hydrogens (tertiary/aromatic N) is 1. The van der Waals surface area contributed by atoms with Gasteiger partial charge in [-0.25, -0.2) is 8.42 Å². The monoisotopic (exact) mass is 518 g/mol. The lowest BCUT2D eigenvalue weighted by atomic mass is 10.2. The minimum absolute atomic E-state index is 0.0980. The lowest BCUT2D eigenvalue weighted by Gasteiger charge is -2.24. The maximum atomic E-state index is 13.5. The van der Waals surface area contributed by atoms with Crippen molar-refractivity contribution in [1.82, 2.24) is 0 Å². The molecule has 0 saturated heterocycles. The number of hydrogen-bond acceptors (Lipinski definition) is 5. The number of anilines is 2. The Bertz CT molecular complexity index is 1390. The van der Waals surface area contributed by atoms with E-state index in [4.69, 9.17) is 4.74 Å². The Morgan fingerprint density at radius 2 is 1.53 bits per heavy atom. The molecule has 0 saturated carbocycles. The van der Waals surface area contributed by atoms with Crippen molar-refractivity contribution in [2.45, 2.75) is 15.5 Å². The van der Waals surface area contributed by atoms with E-state index in [1.165, 1.54) is 24.1 Å². The molecule has 4 aromatic carbocycles. The van der Waals surface area contributed by atoms with Crippen molar-refractivity contribution in [3.8, 4) is 5.75 Å². The normalized spacial score (nSPS) is 11.0. The number of benzene rings is 4. The third kappa shape index (κ3) is 6.47. The summed E-state index contributed by atoms with van der Waals surface area (Å²) < 4.78 is 33.3. The molecule has 4 rings (SSSR count). The van der Waals surface area contributed by atoms with Crippen molar-refractivity contribution in [1.29, 1.82) is 0 Å². The summed E-state index contributed by atoms with van der Waals surface area (Å²) in [4.78, 5) is 14.3. The molecule has 6 nitrogen and oxygen atoms in total. The number of nitrogens with one attached hydrogen (secondary N) is 1. The molecule has 0 fully saturated rings. The van der Waals surface area contributed by atoms with Crippen molar-refractivity contribution >= 4 is 39.1 Å². The molecule has 8 heteroatoms. The molecule has 0 bridgehead atoms. The highest BCUT2D eigenvalue weighted by Gasteiger charge is 2.27. The predicted molar refractivity (Wildman–Crippen MR) is 145 cm³/mol. The predicted octanol–water partition coefficient (Wildman–Crippen LogP) is 5.82. The van der Waals surface area contributed by atoms with E-state index in [0.29, 0.717) is 17.1 Å². The zero-order valence-electron chi connectivity index (χ0n) is 19.7. The summed E-state index contributed by atoms with van der Waals surface area (Å²) in [6.45, 7) is -0.393. The van der Waals surface area contributed by atoms with Crippen LogP contribution in [0.2, 0.25) is 0 Å². The summed E-state index contributed by atoms with van der Waals surface area (Å²) >= 11 is 1.73. The maximum Gasteiger partial charge on any atom is 0.264 e. The van der Waals surface area contributed by atoms with E-state index in [-0.39, 0.29) is 4.90 Å². The number of sulfonamides is 1. The zero-order valence-corrected chi connectivity index (χ0v) is 21.3. The van der Waals surface area contributed by atoms with Crippen LogP contribution in [-0.4, -0.2) is 28.0 Å². The first-order chi connectivity index (χ1) is 17.5. The van der Waals surface area contributed by atoms with Crippen LogP contribution >= 0.6 is 11.8 Å². The Morgan fingerprint density at radius 1 is 0.861 bits per heavy atom. The second-order valence-electron chi connectivity index (χ2n) is 7.87. The summed E-state index contributed by atoms with van der Waals surface area (Å²) in [5.41, 5.74) is 2.05. The van der Waals surface area contributed by atoms with E-state index in [1.54, 1.807) is 54.2 Å². The van der Waals surface area contributed by atoms with E-state index in [1.807, 2.05) is 42.5 Å². The molecule has 0 atom stereocenters. The lowest BCUT2D eigenvalue weighted by Crippen LogP contribution is -2.38. The summed E-state index contributed by atoms with van der Waals surface area (Å²) in [7, 11) is -2.49. The van der Waals surface area contributed by atoms with Crippen LogP contribution < -0.4 is 14.4 Å². The fourth-order valence-electron chi connectivity index (χ4n) is 3.50. The Balaban J connectivity index is 1.49. The first-order valence-corrected chi connectivity index (χ1v) is 13.7. The molecule has 1 amide bonds. The number of thioether (sulfide) groups is 1. The average Bonchev–Trinajstić information content (AvgIpc) is 2.92. The molecule has 36 heavy (non-hydrogen) atoms. The molecule has 1 N–H and O–H groups in total. The summed E-state index contributed by atoms with van der Waals surface area (Å²) in [6.07, 6.45) is 0. The molecule has 0 aliphatic heterocycles.